The van der Waals surface area contributed by atoms with E-state index in [-0.39, 0.29) is 0 Å². The van der Waals surface area contributed by atoms with Gasteiger partial charge < -0.3 is 0 Å². The van der Waals surface area contributed by atoms with Gasteiger partial charge in [-0.15, -0.1) is 11.3 Å². The molecule has 0 spiro atoms. The second-order valence-corrected chi connectivity index (χ2v) is 5.33. The highest BCUT2D eigenvalue weighted by Gasteiger charge is 2.05. The lowest BCUT2D eigenvalue weighted by atomic mass is 10.1. The zero-order valence-corrected chi connectivity index (χ0v) is 10.9. The van der Waals surface area contributed by atoms with Crippen molar-refractivity contribution in [1.82, 2.24) is 0 Å². The van der Waals surface area contributed by atoms with Crippen molar-refractivity contribution in [3.05, 3.63) is 41.1 Å². The van der Waals surface area contributed by atoms with Crippen molar-refractivity contribution in [1.29, 1.82) is 0 Å². The van der Waals surface area contributed by atoms with Gasteiger partial charge in [-0.25, -0.2) is 0 Å². The summed E-state index contributed by atoms with van der Waals surface area (Å²) in [5.74, 6) is 0. The fourth-order valence-corrected chi connectivity index (χ4v) is 3.26. The molecule has 0 nitrogen and oxygen atoms in total. The van der Waals surface area contributed by atoms with Gasteiger partial charge in [0.15, 0.2) is 0 Å². The van der Waals surface area contributed by atoms with E-state index < -0.39 is 0 Å². The molecule has 0 aliphatic rings. The number of halogens is 1. The average molecular weight is 252 g/mol. The molecule has 0 saturated heterocycles. The van der Waals surface area contributed by atoms with Crippen LogP contribution in [0.3, 0.4) is 0 Å². The molecule has 2 aromatic rings. The van der Waals surface area contributed by atoms with Gasteiger partial charge in [-0.05, 0) is 35.2 Å². The molecule has 0 atom stereocenters. The van der Waals surface area contributed by atoms with Crippen molar-refractivity contribution in [2.75, 3.05) is 0 Å². The first-order valence-corrected chi connectivity index (χ1v) is 7.02. The maximum atomic E-state index is 6.16. The summed E-state index contributed by atoms with van der Waals surface area (Å²) < 4.78 is 1.23. The van der Waals surface area contributed by atoms with Crippen LogP contribution in [0.25, 0.3) is 10.1 Å². The molecule has 0 bridgehead atoms. The van der Waals surface area contributed by atoms with Gasteiger partial charge in [-0.3, -0.25) is 0 Å². The number of hydrogen-bond acceptors (Lipinski definition) is 1. The number of hydrogen-bond donors (Lipinski definition) is 0. The number of unbranched alkanes of at least 4 members (excludes halogenated alkanes) is 3. The quantitative estimate of drug-likeness (QED) is 0.617. The fourth-order valence-electron chi connectivity index (χ4n) is 1.94. The van der Waals surface area contributed by atoms with Crippen molar-refractivity contribution in [3.8, 4) is 0 Å². The molecule has 16 heavy (non-hydrogen) atoms. The third-order valence-electron chi connectivity index (χ3n) is 2.83. The van der Waals surface area contributed by atoms with Gasteiger partial charge in [-0.2, -0.15) is 0 Å². The average Bonchev–Trinajstić information content (AvgIpc) is 2.70. The largest absolute Gasteiger partial charge is 0.142 e. The van der Waals surface area contributed by atoms with E-state index in [0.717, 1.165) is 11.4 Å². The third kappa shape index (κ3) is 2.58. The van der Waals surface area contributed by atoms with Gasteiger partial charge in [0.1, 0.15) is 0 Å². The van der Waals surface area contributed by atoms with Crippen molar-refractivity contribution >= 4 is 33.0 Å². The number of benzene rings is 1. The van der Waals surface area contributed by atoms with Crippen molar-refractivity contribution in [2.45, 2.75) is 32.1 Å². The lowest BCUT2D eigenvalue weighted by Gasteiger charge is -2.00. The predicted octanol–water partition coefficient (Wildman–Crippen LogP) is 5.49. The molecule has 0 fully saturated rings. The summed E-state index contributed by atoms with van der Waals surface area (Å²) in [6, 6.07) is 6.18. The van der Waals surface area contributed by atoms with Crippen LogP contribution in [0.4, 0.5) is 0 Å². The highest BCUT2D eigenvalue weighted by molar-refractivity contribution is 7.18. The van der Waals surface area contributed by atoms with E-state index in [9.17, 15) is 0 Å². The van der Waals surface area contributed by atoms with E-state index >= 15 is 0 Å². The second kappa shape index (κ2) is 5.70. The highest BCUT2D eigenvalue weighted by atomic mass is 35.5. The molecule has 1 aromatic carbocycles. The van der Waals surface area contributed by atoms with Gasteiger partial charge in [0.05, 0.1) is 9.72 Å². The smallest absolute Gasteiger partial charge is 0.0584 e. The minimum absolute atomic E-state index is 0.881. The van der Waals surface area contributed by atoms with E-state index in [4.69, 9.17) is 11.6 Å². The Morgan fingerprint density at radius 1 is 1.19 bits per heavy atom. The van der Waals surface area contributed by atoms with Crippen LogP contribution in [0.15, 0.2) is 23.6 Å². The summed E-state index contributed by atoms with van der Waals surface area (Å²) in [6.45, 7) is 3.87. The lowest BCUT2D eigenvalue weighted by molar-refractivity contribution is 0.688. The second-order valence-electron chi connectivity index (χ2n) is 4.04. The molecule has 0 aliphatic heterocycles. The number of aryl methyl sites for hydroxylation is 1. The Morgan fingerprint density at radius 2 is 2.06 bits per heavy atom. The summed E-state index contributed by atoms with van der Waals surface area (Å²) in [6.07, 6.45) is 5.99. The van der Waals surface area contributed by atoms with E-state index in [1.165, 1.54) is 41.3 Å². The SMILES string of the molecule is [CH2]CCCCCc1csc2c(Cl)cccc12. The van der Waals surface area contributed by atoms with Crippen LogP contribution >= 0.6 is 22.9 Å². The molecule has 1 heterocycles. The first-order chi connectivity index (χ1) is 7.83. The number of fused-ring (bicyclic) bond motifs is 1. The lowest BCUT2D eigenvalue weighted by Crippen LogP contribution is -1.83. The van der Waals surface area contributed by atoms with Crippen molar-refractivity contribution in [3.63, 3.8) is 0 Å². The molecule has 1 radical (unpaired) electrons. The zero-order chi connectivity index (χ0) is 11.4. The van der Waals surface area contributed by atoms with Crippen LogP contribution < -0.4 is 0 Å². The molecule has 0 N–H and O–H groups in total. The molecule has 0 aliphatic carbocycles. The van der Waals surface area contributed by atoms with Crippen LogP contribution in [0.1, 0.15) is 31.2 Å². The van der Waals surface area contributed by atoms with Crippen LogP contribution in [0.2, 0.25) is 5.02 Å². The van der Waals surface area contributed by atoms with Crippen LogP contribution in [0, 0.1) is 6.92 Å². The summed E-state index contributed by atoms with van der Waals surface area (Å²) in [5, 5.41) is 4.47. The summed E-state index contributed by atoms with van der Waals surface area (Å²) in [4.78, 5) is 0. The molecular weight excluding hydrogens is 236 g/mol. The minimum atomic E-state index is 0.881. The first kappa shape index (κ1) is 11.9. The normalized spacial score (nSPS) is 11.1. The Bertz CT molecular complexity index is 459. The fraction of sp³-hybridized carbons (Fsp3) is 0.357. The van der Waals surface area contributed by atoms with Gasteiger partial charge in [0.2, 0.25) is 0 Å². The molecule has 2 rings (SSSR count). The Labute approximate surface area is 106 Å². The predicted molar refractivity (Wildman–Crippen MR) is 74.4 cm³/mol. The maximum absolute atomic E-state index is 6.16. The van der Waals surface area contributed by atoms with E-state index in [0.29, 0.717) is 0 Å². The van der Waals surface area contributed by atoms with E-state index in [1.54, 1.807) is 11.3 Å². The van der Waals surface area contributed by atoms with Gasteiger partial charge in [-0.1, -0.05) is 49.9 Å². The molecule has 0 unspecified atom stereocenters. The highest BCUT2D eigenvalue weighted by Crippen LogP contribution is 2.32. The monoisotopic (exact) mass is 251 g/mol. The Balaban J connectivity index is 2.10. The summed E-state index contributed by atoms with van der Waals surface area (Å²) in [5.41, 5.74) is 1.45. The standard InChI is InChI=1S/C14H16ClS/c1-2-3-4-5-7-11-10-16-14-12(11)8-6-9-13(14)15/h6,8-10H,1-5,7H2. The molecule has 1 aromatic heterocycles. The molecular formula is C14H16ClS. The van der Waals surface area contributed by atoms with E-state index in [1.807, 2.05) is 12.1 Å². The van der Waals surface area contributed by atoms with Gasteiger partial charge in [0.25, 0.3) is 0 Å². The molecule has 0 saturated carbocycles. The van der Waals surface area contributed by atoms with Crippen LogP contribution in [-0.4, -0.2) is 0 Å². The van der Waals surface area contributed by atoms with Crippen LogP contribution in [0.5, 0.6) is 0 Å². The molecule has 0 amide bonds. The van der Waals surface area contributed by atoms with Crippen molar-refractivity contribution < 1.29 is 0 Å². The number of rotatable bonds is 5. The third-order valence-corrected chi connectivity index (χ3v) is 4.33. The summed E-state index contributed by atoms with van der Waals surface area (Å²) in [7, 11) is 0. The van der Waals surface area contributed by atoms with Crippen molar-refractivity contribution in [2.24, 2.45) is 0 Å². The van der Waals surface area contributed by atoms with Gasteiger partial charge >= 0.3 is 0 Å². The Kier molecular flexibility index (Phi) is 4.25. The minimum Gasteiger partial charge on any atom is -0.142 e. The zero-order valence-electron chi connectivity index (χ0n) is 9.34. The molecule has 85 valence electrons. The maximum Gasteiger partial charge on any atom is 0.0584 e. The van der Waals surface area contributed by atoms with Crippen LogP contribution in [-0.2, 0) is 6.42 Å². The first-order valence-electron chi connectivity index (χ1n) is 5.77. The summed E-state index contributed by atoms with van der Waals surface area (Å²) >= 11 is 7.92. The van der Waals surface area contributed by atoms with Gasteiger partial charge in [0, 0.05) is 0 Å². The topological polar surface area (TPSA) is 0 Å². The number of thiophene rings is 1. The van der Waals surface area contributed by atoms with E-state index in [2.05, 4.69) is 18.4 Å². The molecule has 2 heteroatoms. The Morgan fingerprint density at radius 3 is 2.88 bits per heavy atom. The Hall–Kier alpha value is -0.530.